The Morgan fingerprint density at radius 1 is 1.40 bits per heavy atom. The smallest absolute Gasteiger partial charge is 0.387 e. The lowest BCUT2D eigenvalue weighted by atomic mass is 10.3. The fourth-order valence-corrected chi connectivity index (χ4v) is 0.972. The predicted octanol–water partition coefficient (Wildman–Crippen LogP) is 2.26. The molecule has 6 heteroatoms. The summed E-state index contributed by atoms with van der Waals surface area (Å²) in [4.78, 5) is 13.3. The van der Waals surface area contributed by atoms with E-state index in [0.29, 0.717) is 0 Å². The molecule has 0 amide bonds. The van der Waals surface area contributed by atoms with Gasteiger partial charge in [0.25, 0.3) is 0 Å². The van der Waals surface area contributed by atoms with Crippen molar-refractivity contribution in [2.24, 2.45) is 4.99 Å². The number of hydrogen-bond acceptors (Lipinski definition) is 4. The van der Waals surface area contributed by atoms with Crippen molar-refractivity contribution in [3.05, 3.63) is 18.2 Å². The molecule has 15 heavy (non-hydrogen) atoms. The first-order valence-corrected chi connectivity index (χ1v) is 3.88. The fourth-order valence-electron chi connectivity index (χ4n) is 0.972. The number of halogens is 2. The van der Waals surface area contributed by atoms with Crippen LogP contribution in [0.2, 0.25) is 0 Å². The lowest BCUT2D eigenvalue weighted by Gasteiger charge is -2.09. The Labute approximate surface area is 84.1 Å². The average molecular weight is 215 g/mol. The molecule has 0 fully saturated rings. The van der Waals surface area contributed by atoms with E-state index in [2.05, 4.69) is 9.73 Å². The Morgan fingerprint density at radius 3 is 2.67 bits per heavy atom. The highest BCUT2D eigenvalue weighted by atomic mass is 19.3. The molecule has 0 N–H and O–H groups in total. The minimum Gasteiger partial charge on any atom is -0.493 e. The molecule has 0 spiro atoms. The molecule has 0 bridgehead atoms. The lowest BCUT2D eigenvalue weighted by molar-refractivity contribution is -0.0512. The van der Waals surface area contributed by atoms with E-state index < -0.39 is 6.61 Å². The number of carbonyl (C=O) groups excluding carboxylic acids is 1. The average Bonchev–Trinajstić information content (AvgIpc) is 2.20. The Morgan fingerprint density at radius 2 is 2.13 bits per heavy atom. The summed E-state index contributed by atoms with van der Waals surface area (Å²) < 4.78 is 32.8. The molecule has 0 heterocycles. The lowest BCUT2D eigenvalue weighted by Crippen LogP contribution is -2.03. The molecule has 0 unspecified atom stereocenters. The first-order valence-electron chi connectivity index (χ1n) is 3.88. The highest BCUT2D eigenvalue weighted by Gasteiger charge is 2.10. The van der Waals surface area contributed by atoms with Crippen LogP contribution in [0.1, 0.15) is 0 Å². The van der Waals surface area contributed by atoms with Crippen LogP contribution >= 0.6 is 0 Å². The van der Waals surface area contributed by atoms with Gasteiger partial charge >= 0.3 is 6.61 Å². The van der Waals surface area contributed by atoms with Gasteiger partial charge in [0.2, 0.25) is 6.08 Å². The first kappa shape index (κ1) is 11.1. The molecule has 1 rings (SSSR count). The normalized spacial score (nSPS) is 9.60. The summed E-state index contributed by atoms with van der Waals surface area (Å²) >= 11 is 0. The van der Waals surface area contributed by atoms with Gasteiger partial charge in [-0.3, -0.25) is 0 Å². The van der Waals surface area contributed by atoms with E-state index in [-0.39, 0.29) is 17.2 Å². The summed E-state index contributed by atoms with van der Waals surface area (Å²) in [6, 6.07) is 3.87. The molecular weight excluding hydrogens is 208 g/mol. The summed E-state index contributed by atoms with van der Waals surface area (Å²) in [6.45, 7) is -2.93. The van der Waals surface area contributed by atoms with Crippen molar-refractivity contribution < 1.29 is 23.0 Å². The Balaban J connectivity index is 3.03. The molecule has 0 saturated carbocycles. The SMILES string of the molecule is COc1cc(N=C=O)ccc1OC(F)F. The van der Waals surface area contributed by atoms with E-state index in [0.717, 1.165) is 0 Å². The van der Waals surface area contributed by atoms with E-state index in [1.807, 2.05) is 0 Å². The second-order valence-electron chi connectivity index (χ2n) is 2.42. The van der Waals surface area contributed by atoms with Gasteiger partial charge in [-0.05, 0) is 12.1 Å². The molecule has 0 aliphatic heterocycles. The second kappa shape index (κ2) is 5.07. The van der Waals surface area contributed by atoms with Gasteiger partial charge in [-0.1, -0.05) is 0 Å². The van der Waals surface area contributed by atoms with Gasteiger partial charge in [-0.15, -0.1) is 0 Å². The number of nitrogens with zero attached hydrogens (tertiary/aromatic N) is 1. The first-order chi connectivity index (χ1) is 7.17. The van der Waals surface area contributed by atoms with Crippen molar-refractivity contribution >= 4 is 11.8 Å². The summed E-state index contributed by atoms with van der Waals surface area (Å²) in [5.74, 6) is -0.0378. The molecule has 1 aromatic carbocycles. The number of rotatable bonds is 4. The topological polar surface area (TPSA) is 47.9 Å². The van der Waals surface area contributed by atoms with Crippen molar-refractivity contribution in [3.8, 4) is 11.5 Å². The number of ether oxygens (including phenoxy) is 2. The molecule has 1 aromatic rings. The maximum atomic E-state index is 11.9. The largest absolute Gasteiger partial charge is 0.493 e. The zero-order valence-corrected chi connectivity index (χ0v) is 7.74. The van der Waals surface area contributed by atoms with Crippen LogP contribution in [0.25, 0.3) is 0 Å². The summed E-state index contributed by atoms with van der Waals surface area (Å²) in [6.07, 6.45) is 1.33. The highest BCUT2D eigenvalue weighted by Crippen LogP contribution is 2.32. The third-order valence-electron chi connectivity index (χ3n) is 1.54. The standard InChI is InChI=1S/C9H7F2NO3/c1-14-8-4-6(12-5-13)2-3-7(8)15-9(10)11/h2-4,9H,1H3. The zero-order chi connectivity index (χ0) is 11.3. The van der Waals surface area contributed by atoms with E-state index in [9.17, 15) is 13.6 Å². The van der Waals surface area contributed by atoms with E-state index in [1.54, 1.807) is 0 Å². The van der Waals surface area contributed by atoms with E-state index >= 15 is 0 Å². The van der Waals surface area contributed by atoms with Crippen LogP contribution in [-0.2, 0) is 4.79 Å². The highest BCUT2D eigenvalue weighted by molar-refractivity contribution is 5.55. The molecule has 0 radical (unpaired) electrons. The quantitative estimate of drug-likeness (QED) is 0.571. The van der Waals surface area contributed by atoms with Crippen LogP contribution in [-0.4, -0.2) is 19.8 Å². The van der Waals surface area contributed by atoms with Crippen LogP contribution in [0.15, 0.2) is 23.2 Å². The minimum atomic E-state index is -2.93. The fraction of sp³-hybridized carbons (Fsp3) is 0.222. The molecule has 0 aromatic heterocycles. The molecule has 0 aliphatic carbocycles. The minimum absolute atomic E-state index is 0.0757. The van der Waals surface area contributed by atoms with E-state index in [4.69, 9.17) is 4.74 Å². The summed E-state index contributed by atoms with van der Waals surface area (Å²) in [7, 11) is 1.29. The van der Waals surface area contributed by atoms with Gasteiger partial charge in [-0.2, -0.15) is 13.8 Å². The summed E-state index contributed by atoms with van der Waals surface area (Å²) in [5, 5.41) is 0. The van der Waals surface area contributed by atoms with Gasteiger partial charge in [-0.25, -0.2) is 4.79 Å². The molecular formula is C9H7F2NO3. The number of benzene rings is 1. The summed E-state index contributed by atoms with van der Waals surface area (Å²) in [5.41, 5.74) is 0.253. The van der Waals surface area contributed by atoms with Crippen molar-refractivity contribution in [1.82, 2.24) is 0 Å². The molecule has 0 aliphatic rings. The number of isocyanates is 1. The Bertz CT molecular complexity index is 389. The van der Waals surface area contributed by atoms with Crippen LogP contribution in [0.3, 0.4) is 0 Å². The van der Waals surface area contributed by atoms with Crippen molar-refractivity contribution in [2.75, 3.05) is 7.11 Å². The van der Waals surface area contributed by atoms with Crippen LogP contribution in [0, 0.1) is 0 Å². The van der Waals surface area contributed by atoms with Crippen molar-refractivity contribution in [1.29, 1.82) is 0 Å². The molecule has 4 nitrogen and oxygen atoms in total. The van der Waals surface area contributed by atoms with Crippen LogP contribution in [0.5, 0.6) is 11.5 Å². The Hall–Kier alpha value is -1.94. The Kier molecular flexibility index (Phi) is 3.76. The zero-order valence-electron chi connectivity index (χ0n) is 7.74. The number of hydrogen-bond donors (Lipinski definition) is 0. The maximum absolute atomic E-state index is 11.9. The monoisotopic (exact) mass is 215 g/mol. The van der Waals surface area contributed by atoms with Gasteiger partial charge in [0.1, 0.15) is 0 Å². The molecule has 0 saturated heterocycles. The van der Waals surface area contributed by atoms with Crippen LogP contribution < -0.4 is 9.47 Å². The van der Waals surface area contributed by atoms with Gasteiger partial charge in [0.05, 0.1) is 12.8 Å². The van der Waals surface area contributed by atoms with Gasteiger partial charge < -0.3 is 9.47 Å². The van der Waals surface area contributed by atoms with Gasteiger partial charge in [0, 0.05) is 6.07 Å². The van der Waals surface area contributed by atoms with Crippen LogP contribution in [0.4, 0.5) is 14.5 Å². The predicted molar refractivity (Wildman–Crippen MR) is 47.4 cm³/mol. The second-order valence-corrected chi connectivity index (χ2v) is 2.42. The number of aliphatic imine (C=N–C) groups is 1. The van der Waals surface area contributed by atoms with Gasteiger partial charge in [0.15, 0.2) is 11.5 Å². The van der Waals surface area contributed by atoms with E-state index in [1.165, 1.54) is 31.4 Å². The van der Waals surface area contributed by atoms with Crippen molar-refractivity contribution in [3.63, 3.8) is 0 Å². The molecule has 80 valence electrons. The molecule has 0 atom stereocenters. The van der Waals surface area contributed by atoms with Crippen molar-refractivity contribution in [2.45, 2.75) is 6.61 Å². The third kappa shape index (κ3) is 3.03. The maximum Gasteiger partial charge on any atom is 0.387 e. The third-order valence-corrected chi connectivity index (χ3v) is 1.54. The number of alkyl halides is 2. The number of methoxy groups -OCH3 is 1.